The minimum Gasteiger partial charge on any atom is -0.414 e. The number of hydrogen-bond acceptors (Lipinski definition) is 10. The maximum Gasteiger partial charge on any atom is 0.270 e. The van der Waals surface area contributed by atoms with Crippen LogP contribution in [0.15, 0.2) is 51.9 Å². The molecule has 0 fully saturated rings. The van der Waals surface area contributed by atoms with Gasteiger partial charge in [-0.2, -0.15) is 0 Å². The number of aromatic nitrogens is 4. The number of nitrogens with zero attached hydrogens (tertiary/aromatic N) is 4. The van der Waals surface area contributed by atoms with Crippen LogP contribution in [0.1, 0.15) is 18.7 Å². The molecule has 0 aliphatic rings. The van der Waals surface area contributed by atoms with Gasteiger partial charge in [0.1, 0.15) is 0 Å². The number of anilines is 1. The molecule has 0 radical (unpaired) electrons. The summed E-state index contributed by atoms with van der Waals surface area (Å²) in [6.45, 7) is 3.16. The van der Waals surface area contributed by atoms with E-state index in [1.165, 1.54) is 29.7 Å². The number of benzene rings is 1. The summed E-state index contributed by atoms with van der Waals surface area (Å²) in [5.41, 5.74) is 7.28. The zero-order chi connectivity index (χ0) is 25.2. The van der Waals surface area contributed by atoms with Gasteiger partial charge in [-0.15, -0.1) is 21.5 Å². The molecule has 1 aromatic carbocycles. The summed E-state index contributed by atoms with van der Waals surface area (Å²) in [4.78, 5) is 10.4. The van der Waals surface area contributed by atoms with Crippen molar-refractivity contribution >= 4 is 27.0 Å². The molecule has 0 saturated heterocycles. The molecular weight excluding hydrogens is 498 g/mol. The summed E-state index contributed by atoms with van der Waals surface area (Å²) >= 11 is 1.34. The van der Waals surface area contributed by atoms with E-state index >= 15 is 0 Å². The predicted octanol–water partition coefficient (Wildman–Crippen LogP) is 4.04. The largest absolute Gasteiger partial charge is 0.414 e. The average molecular weight is 521 g/mol. The Kier molecular flexibility index (Phi) is 7.19. The second-order valence-electron chi connectivity index (χ2n) is 7.81. The molecule has 0 aliphatic heterocycles. The van der Waals surface area contributed by atoms with Crippen LogP contribution in [-0.4, -0.2) is 46.8 Å². The lowest BCUT2D eigenvalue weighted by molar-refractivity contribution is 0.145. The monoisotopic (exact) mass is 520 g/mol. The summed E-state index contributed by atoms with van der Waals surface area (Å²) in [5.74, 6) is 0.391. The Balaban J connectivity index is 1.56. The maximum absolute atomic E-state index is 12.4. The molecule has 3 N–H and O–H groups in total. The SMILES string of the molecule is CC(C)S(=O)(=O)c1ccc(-c2cnc(N)c(-c3nnc(-c4ccc(CNCC(F)F)s4)o3)n2)cc1. The van der Waals surface area contributed by atoms with Crippen molar-refractivity contribution in [1.29, 1.82) is 0 Å². The van der Waals surface area contributed by atoms with Gasteiger partial charge in [0.05, 0.1) is 33.5 Å². The summed E-state index contributed by atoms with van der Waals surface area (Å²) in [7, 11) is -3.39. The van der Waals surface area contributed by atoms with Gasteiger partial charge in [0, 0.05) is 17.0 Å². The van der Waals surface area contributed by atoms with Gasteiger partial charge < -0.3 is 15.5 Å². The van der Waals surface area contributed by atoms with E-state index in [-0.39, 0.29) is 34.7 Å². The number of rotatable bonds is 9. The highest BCUT2D eigenvalue weighted by molar-refractivity contribution is 7.92. The molecule has 0 amide bonds. The topological polar surface area (TPSA) is 137 Å². The van der Waals surface area contributed by atoms with Gasteiger partial charge in [-0.1, -0.05) is 12.1 Å². The van der Waals surface area contributed by atoms with Crippen LogP contribution in [0.25, 0.3) is 33.6 Å². The van der Waals surface area contributed by atoms with Crippen molar-refractivity contribution in [2.75, 3.05) is 12.3 Å². The van der Waals surface area contributed by atoms with Crippen molar-refractivity contribution in [3.05, 3.63) is 47.5 Å². The Morgan fingerprint density at radius 3 is 2.49 bits per heavy atom. The lowest BCUT2D eigenvalue weighted by atomic mass is 10.1. The van der Waals surface area contributed by atoms with Crippen LogP contribution in [-0.2, 0) is 16.4 Å². The first-order valence-electron chi connectivity index (χ1n) is 10.5. The summed E-state index contributed by atoms with van der Waals surface area (Å²) in [6.07, 6.45) is -0.943. The van der Waals surface area contributed by atoms with Crippen LogP contribution in [0, 0.1) is 0 Å². The quantitative estimate of drug-likeness (QED) is 0.335. The molecule has 13 heteroatoms. The van der Waals surface area contributed by atoms with E-state index in [4.69, 9.17) is 10.2 Å². The van der Waals surface area contributed by atoms with E-state index < -0.39 is 21.5 Å². The van der Waals surface area contributed by atoms with Crippen molar-refractivity contribution in [3.63, 3.8) is 0 Å². The number of hydrogen-bond donors (Lipinski definition) is 2. The molecule has 4 rings (SSSR count). The molecule has 184 valence electrons. The second kappa shape index (κ2) is 10.1. The molecular formula is C22H22F2N6O3S2. The van der Waals surface area contributed by atoms with Crippen LogP contribution < -0.4 is 11.1 Å². The van der Waals surface area contributed by atoms with E-state index in [2.05, 4.69) is 25.5 Å². The normalized spacial score (nSPS) is 12.1. The maximum atomic E-state index is 12.4. The predicted molar refractivity (Wildman–Crippen MR) is 129 cm³/mol. The molecule has 0 spiro atoms. The van der Waals surface area contributed by atoms with Gasteiger partial charge in [-0.3, -0.25) is 0 Å². The van der Waals surface area contributed by atoms with Crippen LogP contribution in [0.2, 0.25) is 0 Å². The van der Waals surface area contributed by atoms with Gasteiger partial charge in [-0.25, -0.2) is 27.2 Å². The number of nitrogens with one attached hydrogen (secondary N) is 1. The van der Waals surface area contributed by atoms with Crippen molar-refractivity contribution in [3.8, 4) is 33.6 Å². The molecule has 0 unspecified atom stereocenters. The summed E-state index contributed by atoms with van der Waals surface area (Å²) in [6, 6.07) is 9.90. The molecule has 9 nitrogen and oxygen atoms in total. The van der Waals surface area contributed by atoms with E-state index in [0.717, 1.165) is 4.88 Å². The lowest BCUT2D eigenvalue weighted by Crippen LogP contribution is -2.19. The minimum atomic E-state index is -3.39. The Morgan fingerprint density at radius 2 is 1.80 bits per heavy atom. The van der Waals surface area contributed by atoms with Crippen molar-refractivity contribution in [2.45, 2.75) is 37.0 Å². The van der Waals surface area contributed by atoms with Crippen LogP contribution in [0.4, 0.5) is 14.6 Å². The van der Waals surface area contributed by atoms with Gasteiger partial charge in [0.15, 0.2) is 21.3 Å². The van der Waals surface area contributed by atoms with Crippen molar-refractivity contribution in [1.82, 2.24) is 25.5 Å². The fourth-order valence-corrected chi connectivity index (χ4v) is 5.05. The average Bonchev–Trinajstić information content (AvgIpc) is 3.49. The fraction of sp³-hybridized carbons (Fsp3) is 0.273. The van der Waals surface area contributed by atoms with Crippen molar-refractivity contribution in [2.24, 2.45) is 0 Å². The van der Waals surface area contributed by atoms with E-state index in [1.54, 1.807) is 38.1 Å². The second-order valence-corrected chi connectivity index (χ2v) is 11.5. The third kappa shape index (κ3) is 5.52. The van der Waals surface area contributed by atoms with Gasteiger partial charge in [-0.05, 0) is 38.1 Å². The molecule has 3 aromatic heterocycles. The summed E-state index contributed by atoms with van der Waals surface area (Å²) in [5, 5.41) is 10.2. The Morgan fingerprint density at radius 1 is 1.09 bits per heavy atom. The minimum absolute atomic E-state index is 0.0663. The standard InChI is InChI=1S/C22H22F2N6O3S2/c1-12(2)35(31,32)15-6-3-13(4-7-15)16-10-27-20(25)19(28-16)22-30-29-21(33-22)17-8-5-14(34-17)9-26-11-18(23)24/h3-8,10,12,18,26H,9,11H2,1-2H3,(H2,25,27). The van der Waals surface area contributed by atoms with Gasteiger partial charge in [0.25, 0.3) is 18.2 Å². The van der Waals surface area contributed by atoms with Gasteiger partial charge in [0.2, 0.25) is 0 Å². The number of alkyl halides is 2. The van der Waals surface area contributed by atoms with Crippen molar-refractivity contribution < 1.29 is 21.6 Å². The molecule has 0 bridgehead atoms. The highest BCUT2D eigenvalue weighted by atomic mass is 32.2. The lowest BCUT2D eigenvalue weighted by Gasteiger charge is -2.09. The molecule has 3 heterocycles. The zero-order valence-corrected chi connectivity index (χ0v) is 20.4. The smallest absolute Gasteiger partial charge is 0.270 e. The number of sulfone groups is 1. The first-order chi connectivity index (χ1) is 16.6. The molecule has 4 aromatic rings. The first-order valence-corrected chi connectivity index (χ1v) is 12.9. The van der Waals surface area contributed by atoms with Gasteiger partial charge >= 0.3 is 0 Å². The van der Waals surface area contributed by atoms with E-state index in [0.29, 0.717) is 22.7 Å². The Hall–Kier alpha value is -3.29. The zero-order valence-electron chi connectivity index (χ0n) is 18.8. The van der Waals surface area contributed by atoms with Crippen LogP contribution in [0.5, 0.6) is 0 Å². The number of thiophene rings is 1. The first kappa shape index (κ1) is 24.8. The van der Waals surface area contributed by atoms with E-state index in [9.17, 15) is 17.2 Å². The third-order valence-electron chi connectivity index (χ3n) is 5.00. The summed E-state index contributed by atoms with van der Waals surface area (Å²) < 4.78 is 55.1. The molecule has 0 aliphatic carbocycles. The molecule has 0 saturated carbocycles. The Bertz CT molecular complexity index is 1420. The highest BCUT2D eigenvalue weighted by Crippen LogP contribution is 2.31. The number of halogens is 2. The number of nitrogens with two attached hydrogens (primary N) is 1. The third-order valence-corrected chi connectivity index (χ3v) is 8.24. The fourth-order valence-electron chi connectivity index (χ4n) is 3.09. The molecule has 0 atom stereocenters. The molecule has 35 heavy (non-hydrogen) atoms. The van der Waals surface area contributed by atoms with Crippen LogP contribution in [0.3, 0.4) is 0 Å². The van der Waals surface area contributed by atoms with E-state index in [1.807, 2.05) is 0 Å². The highest BCUT2D eigenvalue weighted by Gasteiger charge is 2.20. The Labute approximate surface area is 204 Å². The van der Waals surface area contributed by atoms with Crippen LogP contribution >= 0.6 is 11.3 Å². The number of nitrogen functional groups attached to an aromatic ring is 1.